The molecule has 1 aromatic carbocycles. The van der Waals surface area contributed by atoms with Gasteiger partial charge >= 0.3 is 0 Å². The zero-order valence-corrected chi connectivity index (χ0v) is 16.2. The molecule has 1 saturated heterocycles. The van der Waals surface area contributed by atoms with Crippen LogP contribution < -0.4 is 0 Å². The molecule has 2 heterocycles. The second kappa shape index (κ2) is 5.89. The van der Waals surface area contributed by atoms with Gasteiger partial charge in [0.15, 0.2) is 16.7 Å². The van der Waals surface area contributed by atoms with Gasteiger partial charge in [0.1, 0.15) is 11.5 Å². The minimum atomic E-state index is -0.820. The first-order chi connectivity index (χ1) is 12.2. The number of fused-ring (bicyclic) bond motifs is 5. The predicted molar refractivity (Wildman–Crippen MR) is 100 cm³/mol. The molecule has 2 aliphatic heterocycles. The standard InChI is InChI=1S/C21H22O4S/c1-10-7-11(2)15(12(3)8-10)17-19(23)16-14-5-6-21(25-14,9-26-13(4)22)18(16)20(17)24/h5-8,14,16-18H,9H2,1-4H3/t14-,16-,17?,18+,21-/m0/s1. The number of rotatable bonds is 3. The highest BCUT2D eigenvalue weighted by atomic mass is 32.2. The summed E-state index contributed by atoms with van der Waals surface area (Å²) in [5.74, 6) is -1.32. The molecule has 1 saturated carbocycles. The van der Waals surface area contributed by atoms with E-state index in [9.17, 15) is 14.4 Å². The minimum Gasteiger partial charge on any atom is -0.361 e. The quantitative estimate of drug-likeness (QED) is 0.604. The Morgan fingerprint density at radius 1 is 1.15 bits per heavy atom. The van der Waals surface area contributed by atoms with Gasteiger partial charge in [-0.2, -0.15) is 0 Å². The molecule has 2 fully saturated rings. The Morgan fingerprint density at radius 3 is 2.42 bits per heavy atom. The van der Waals surface area contributed by atoms with Crippen molar-refractivity contribution in [2.75, 3.05) is 5.75 Å². The van der Waals surface area contributed by atoms with Crippen LogP contribution >= 0.6 is 11.8 Å². The lowest BCUT2D eigenvalue weighted by molar-refractivity contribution is -0.128. The Morgan fingerprint density at radius 2 is 1.81 bits per heavy atom. The predicted octanol–water partition coefficient (Wildman–Crippen LogP) is 3.07. The number of thioether (sulfide) groups is 1. The van der Waals surface area contributed by atoms with E-state index in [1.54, 1.807) is 0 Å². The largest absolute Gasteiger partial charge is 0.361 e. The number of carbonyl (C=O) groups excluding carboxylic acids is 3. The van der Waals surface area contributed by atoms with Gasteiger partial charge in [-0.15, -0.1) is 0 Å². The van der Waals surface area contributed by atoms with Crippen LogP contribution in [0.1, 0.15) is 35.1 Å². The van der Waals surface area contributed by atoms with Crippen LogP contribution in [0.15, 0.2) is 24.3 Å². The van der Waals surface area contributed by atoms with Crippen molar-refractivity contribution in [3.8, 4) is 0 Å². The van der Waals surface area contributed by atoms with Gasteiger partial charge in [0.2, 0.25) is 0 Å². The van der Waals surface area contributed by atoms with Gasteiger partial charge in [0, 0.05) is 12.7 Å². The van der Waals surface area contributed by atoms with Crippen LogP contribution in [0.3, 0.4) is 0 Å². The third-order valence-corrected chi connectivity index (χ3v) is 6.90. The molecule has 0 aromatic heterocycles. The molecule has 4 nitrogen and oxygen atoms in total. The lowest BCUT2D eigenvalue weighted by Gasteiger charge is -2.28. The summed E-state index contributed by atoms with van der Waals surface area (Å²) in [5.41, 5.74) is 3.14. The molecular weight excluding hydrogens is 348 g/mol. The van der Waals surface area contributed by atoms with Crippen molar-refractivity contribution in [3.63, 3.8) is 0 Å². The lowest BCUT2D eigenvalue weighted by Crippen LogP contribution is -2.40. The van der Waals surface area contributed by atoms with Gasteiger partial charge in [-0.25, -0.2) is 0 Å². The fraction of sp³-hybridized carbons (Fsp3) is 0.476. The normalized spacial score (nSPS) is 34.6. The van der Waals surface area contributed by atoms with Crippen molar-refractivity contribution in [3.05, 3.63) is 46.5 Å². The minimum absolute atomic E-state index is 0.0122. The van der Waals surface area contributed by atoms with Crippen LogP contribution in [0.4, 0.5) is 0 Å². The summed E-state index contributed by atoms with van der Waals surface area (Å²) < 4.78 is 6.06. The fourth-order valence-corrected chi connectivity index (χ4v) is 5.80. The van der Waals surface area contributed by atoms with E-state index in [2.05, 4.69) is 0 Å². The average molecular weight is 370 g/mol. The smallest absolute Gasteiger partial charge is 0.185 e. The number of ketones is 2. The van der Waals surface area contributed by atoms with Crippen LogP contribution in [0, 0.1) is 32.6 Å². The molecule has 0 N–H and O–H groups in total. The number of carbonyl (C=O) groups is 3. The third-order valence-electron chi connectivity index (χ3n) is 5.89. The van der Waals surface area contributed by atoms with Crippen LogP contribution in [0.5, 0.6) is 0 Å². The van der Waals surface area contributed by atoms with Crippen LogP contribution in [0.25, 0.3) is 0 Å². The van der Waals surface area contributed by atoms with Gasteiger partial charge in [-0.1, -0.05) is 41.6 Å². The first-order valence-electron chi connectivity index (χ1n) is 8.91. The Balaban J connectivity index is 1.75. The second-order valence-electron chi connectivity index (χ2n) is 7.73. The molecule has 4 rings (SSSR count). The van der Waals surface area contributed by atoms with E-state index in [0.717, 1.165) is 34.0 Å². The molecule has 2 bridgehead atoms. The van der Waals surface area contributed by atoms with Crippen LogP contribution in [0.2, 0.25) is 0 Å². The first-order valence-corrected chi connectivity index (χ1v) is 9.89. The SMILES string of the molecule is CC(=O)SC[C@]12C=C[C@H](O1)[C@@H]1C(=O)C(c3c(C)cc(C)cc3C)C(=O)[C@@H]12. The number of benzene rings is 1. The third kappa shape index (κ3) is 2.37. The van der Waals surface area contributed by atoms with Gasteiger partial charge in [-0.3, -0.25) is 14.4 Å². The van der Waals surface area contributed by atoms with Crippen LogP contribution in [-0.4, -0.2) is 34.1 Å². The molecule has 0 spiro atoms. The van der Waals surface area contributed by atoms with Crippen LogP contribution in [-0.2, 0) is 19.1 Å². The highest BCUT2D eigenvalue weighted by Crippen LogP contribution is 2.56. The maximum atomic E-state index is 13.4. The summed E-state index contributed by atoms with van der Waals surface area (Å²) in [6.07, 6.45) is 3.45. The molecule has 26 heavy (non-hydrogen) atoms. The molecule has 1 unspecified atom stereocenters. The van der Waals surface area contributed by atoms with E-state index < -0.39 is 23.4 Å². The topological polar surface area (TPSA) is 60.4 Å². The maximum absolute atomic E-state index is 13.4. The van der Waals surface area contributed by atoms with Crippen molar-refractivity contribution < 1.29 is 19.1 Å². The molecule has 136 valence electrons. The van der Waals surface area contributed by atoms with E-state index in [4.69, 9.17) is 4.74 Å². The summed E-state index contributed by atoms with van der Waals surface area (Å²) in [4.78, 5) is 38.1. The zero-order valence-electron chi connectivity index (χ0n) is 15.4. The molecule has 3 aliphatic rings. The second-order valence-corrected chi connectivity index (χ2v) is 8.88. The summed E-state index contributed by atoms with van der Waals surface area (Å²) in [7, 11) is 0. The van der Waals surface area contributed by atoms with E-state index >= 15 is 0 Å². The van der Waals surface area contributed by atoms with Crippen molar-refractivity contribution in [1.82, 2.24) is 0 Å². The highest BCUT2D eigenvalue weighted by Gasteiger charge is 2.67. The molecule has 5 atom stereocenters. The first kappa shape index (κ1) is 17.7. The summed E-state index contributed by atoms with van der Waals surface area (Å²) in [6.45, 7) is 7.46. The fourth-order valence-electron chi connectivity index (χ4n) is 5.03. The molecule has 0 radical (unpaired) electrons. The summed E-state index contributed by atoms with van der Waals surface area (Å²) in [6, 6.07) is 4.06. The molecular formula is C21H22O4S. The van der Waals surface area contributed by atoms with Gasteiger partial charge in [-0.05, 0) is 37.5 Å². The molecule has 0 amide bonds. The summed E-state index contributed by atoms with van der Waals surface area (Å²) in [5, 5.41) is -0.0122. The molecule has 1 aromatic rings. The Labute approximate surface area is 157 Å². The monoisotopic (exact) mass is 370 g/mol. The van der Waals surface area contributed by atoms with E-state index in [-0.39, 0.29) is 22.8 Å². The number of aryl methyl sites for hydroxylation is 3. The van der Waals surface area contributed by atoms with Crippen molar-refractivity contribution in [1.29, 1.82) is 0 Å². The number of Topliss-reactive ketones (excluding diaryl/α,β-unsaturated/α-hetero) is 2. The Hall–Kier alpha value is -1.72. The maximum Gasteiger partial charge on any atom is 0.185 e. The Bertz CT molecular complexity index is 848. The van der Waals surface area contributed by atoms with E-state index in [0.29, 0.717) is 5.75 Å². The van der Waals surface area contributed by atoms with Gasteiger partial charge in [0.05, 0.1) is 17.9 Å². The van der Waals surface area contributed by atoms with Crippen molar-refractivity contribution >= 4 is 28.4 Å². The molecule has 5 heteroatoms. The van der Waals surface area contributed by atoms with Gasteiger partial charge < -0.3 is 4.74 Å². The summed E-state index contributed by atoms with van der Waals surface area (Å²) >= 11 is 1.16. The van der Waals surface area contributed by atoms with Gasteiger partial charge in [0.25, 0.3) is 0 Å². The van der Waals surface area contributed by atoms with Crippen molar-refractivity contribution in [2.45, 2.75) is 45.3 Å². The number of ether oxygens (including phenoxy) is 1. The lowest BCUT2D eigenvalue weighted by atomic mass is 9.78. The van der Waals surface area contributed by atoms with E-state index in [1.165, 1.54) is 6.92 Å². The number of hydrogen-bond acceptors (Lipinski definition) is 5. The Kier molecular flexibility index (Phi) is 4.01. The average Bonchev–Trinajstić information content (AvgIpc) is 3.18. The zero-order chi connectivity index (χ0) is 18.8. The molecule has 1 aliphatic carbocycles. The highest BCUT2D eigenvalue weighted by molar-refractivity contribution is 8.13. The van der Waals surface area contributed by atoms with Crippen molar-refractivity contribution in [2.24, 2.45) is 11.8 Å². The number of hydrogen-bond donors (Lipinski definition) is 0. The van der Waals surface area contributed by atoms with E-state index in [1.807, 2.05) is 45.1 Å².